The molecular weight excluding hydrogens is 320 g/mol. The van der Waals surface area contributed by atoms with Gasteiger partial charge in [0, 0.05) is 22.1 Å². The molecule has 0 saturated carbocycles. The van der Waals surface area contributed by atoms with E-state index >= 15 is 0 Å². The van der Waals surface area contributed by atoms with Crippen LogP contribution in [0.3, 0.4) is 0 Å². The van der Waals surface area contributed by atoms with Crippen LogP contribution in [0.15, 0.2) is 40.9 Å². The van der Waals surface area contributed by atoms with E-state index < -0.39 is 0 Å². The number of ether oxygens (including phenoxy) is 2. The van der Waals surface area contributed by atoms with Gasteiger partial charge in [-0.3, -0.25) is 0 Å². The first kappa shape index (κ1) is 14.8. The number of hydrogen-bond acceptors (Lipinski definition) is 4. The summed E-state index contributed by atoms with van der Waals surface area (Å²) < 4.78 is 11.9. The molecule has 0 spiro atoms. The van der Waals surface area contributed by atoms with Crippen molar-refractivity contribution >= 4 is 15.9 Å². The van der Waals surface area contributed by atoms with Crippen molar-refractivity contribution < 1.29 is 9.47 Å². The van der Waals surface area contributed by atoms with E-state index in [2.05, 4.69) is 20.9 Å². The first-order valence-corrected chi connectivity index (χ1v) is 7.07. The van der Waals surface area contributed by atoms with Gasteiger partial charge < -0.3 is 15.2 Å². The third-order valence-electron chi connectivity index (χ3n) is 2.83. The number of methoxy groups -OCH3 is 1. The maximum Gasteiger partial charge on any atom is 0.213 e. The zero-order valence-electron chi connectivity index (χ0n) is 11.5. The number of nitrogens with two attached hydrogens (primary N) is 1. The third kappa shape index (κ3) is 3.71. The SMILES string of the molecule is COc1cccc(COc2ccc(Br)cc2C(C)N)n1. The lowest BCUT2D eigenvalue weighted by Gasteiger charge is -2.14. The molecule has 0 amide bonds. The quantitative estimate of drug-likeness (QED) is 0.908. The number of aromatic nitrogens is 1. The van der Waals surface area contributed by atoms with Gasteiger partial charge in [0.25, 0.3) is 0 Å². The van der Waals surface area contributed by atoms with Gasteiger partial charge in [-0.05, 0) is 31.2 Å². The zero-order valence-corrected chi connectivity index (χ0v) is 13.1. The summed E-state index contributed by atoms with van der Waals surface area (Å²) in [7, 11) is 1.59. The Morgan fingerprint density at radius 1 is 1.30 bits per heavy atom. The predicted molar refractivity (Wildman–Crippen MR) is 81.9 cm³/mol. The Morgan fingerprint density at radius 2 is 2.10 bits per heavy atom. The smallest absolute Gasteiger partial charge is 0.213 e. The lowest BCUT2D eigenvalue weighted by molar-refractivity contribution is 0.293. The number of halogens is 1. The fraction of sp³-hybridized carbons (Fsp3) is 0.267. The molecule has 2 rings (SSSR count). The molecule has 2 N–H and O–H groups in total. The lowest BCUT2D eigenvalue weighted by atomic mass is 10.1. The largest absolute Gasteiger partial charge is 0.487 e. The molecule has 1 atom stereocenters. The Hall–Kier alpha value is -1.59. The monoisotopic (exact) mass is 336 g/mol. The molecule has 1 aromatic heterocycles. The maximum absolute atomic E-state index is 5.96. The second-order valence-electron chi connectivity index (χ2n) is 4.43. The molecule has 0 bridgehead atoms. The van der Waals surface area contributed by atoms with Gasteiger partial charge in [0.15, 0.2) is 0 Å². The van der Waals surface area contributed by atoms with E-state index in [1.54, 1.807) is 13.2 Å². The van der Waals surface area contributed by atoms with Crippen LogP contribution in [-0.4, -0.2) is 12.1 Å². The molecule has 0 saturated heterocycles. The van der Waals surface area contributed by atoms with E-state index in [9.17, 15) is 0 Å². The molecule has 1 unspecified atom stereocenters. The van der Waals surface area contributed by atoms with Crippen molar-refractivity contribution in [2.45, 2.75) is 19.6 Å². The highest BCUT2D eigenvalue weighted by Crippen LogP contribution is 2.28. The molecule has 0 aliphatic heterocycles. The van der Waals surface area contributed by atoms with Crippen LogP contribution < -0.4 is 15.2 Å². The molecule has 1 heterocycles. The van der Waals surface area contributed by atoms with Gasteiger partial charge in [0.2, 0.25) is 5.88 Å². The van der Waals surface area contributed by atoms with Crippen LogP contribution in [0.5, 0.6) is 11.6 Å². The first-order chi connectivity index (χ1) is 9.60. The summed E-state index contributed by atoms with van der Waals surface area (Å²) >= 11 is 3.44. The van der Waals surface area contributed by atoms with Crippen LogP contribution in [0.2, 0.25) is 0 Å². The fourth-order valence-electron chi connectivity index (χ4n) is 1.81. The highest BCUT2D eigenvalue weighted by Gasteiger charge is 2.09. The molecule has 20 heavy (non-hydrogen) atoms. The Kier molecular flexibility index (Phi) is 4.98. The van der Waals surface area contributed by atoms with E-state index in [1.807, 2.05) is 37.3 Å². The Morgan fingerprint density at radius 3 is 2.80 bits per heavy atom. The summed E-state index contributed by atoms with van der Waals surface area (Å²) in [6.45, 7) is 2.30. The van der Waals surface area contributed by atoms with Crippen LogP contribution in [-0.2, 0) is 6.61 Å². The number of rotatable bonds is 5. The molecule has 2 aromatic rings. The van der Waals surface area contributed by atoms with E-state index in [0.717, 1.165) is 21.5 Å². The van der Waals surface area contributed by atoms with Gasteiger partial charge in [0.1, 0.15) is 12.4 Å². The molecule has 0 fully saturated rings. The first-order valence-electron chi connectivity index (χ1n) is 6.28. The van der Waals surface area contributed by atoms with Crippen LogP contribution in [0.25, 0.3) is 0 Å². The van der Waals surface area contributed by atoms with Crippen molar-refractivity contribution in [2.75, 3.05) is 7.11 Å². The Labute approximate surface area is 127 Å². The van der Waals surface area contributed by atoms with E-state index in [0.29, 0.717) is 12.5 Å². The van der Waals surface area contributed by atoms with E-state index in [1.165, 1.54) is 0 Å². The molecular formula is C15H17BrN2O2. The number of nitrogens with zero attached hydrogens (tertiary/aromatic N) is 1. The molecule has 5 heteroatoms. The molecule has 0 aliphatic rings. The second kappa shape index (κ2) is 6.72. The van der Waals surface area contributed by atoms with E-state index in [-0.39, 0.29) is 6.04 Å². The number of benzene rings is 1. The Bertz CT molecular complexity index is 588. The highest BCUT2D eigenvalue weighted by molar-refractivity contribution is 9.10. The van der Waals surface area contributed by atoms with Crippen LogP contribution in [0.1, 0.15) is 24.2 Å². The summed E-state index contributed by atoms with van der Waals surface area (Å²) in [6, 6.07) is 11.3. The van der Waals surface area contributed by atoms with E-state index in [4.69, 9.17) is 15.2 Å². The van der Waals surface area contributed by atoms with Crippen LogP contribution in [0.4, 0.5) is 0 Å². The maximum atomic E-state index is 5.96. The minimum absolute atomic E-state index is 0.0965. The molecule has 0 radical (unpaired) electrons. The zero-order chi connectivity index (χ0) is 14.5. The van der Waals surface area contributed by atoms with Gasteiger partial charge in [0.05, 0.1) is 12.8 Å². The summed E-state index contributed by atoms with van der Waals surface area (Å²) in [5.74, 6) is 1.35. The average Bonchev–Trinajstić information content (AvgIpc) is 2.46. The van der Waals surface area contributed by atoms with Crippen LogP contribution >= 0.6 is 15.9 Å². The van der Waals surface area contributed by atoms with Crippen molar-refractivity contribution in [3.8, 4) is 11.6 Å². The summed E-state index contributed by atoms with van der Waals surface area (Å²) in [5.41, 5.74) is 7.73. The van der Waals surface area contributed by atoms with Gasteiger partial charge in [-0.25, -0.2) is 4.98 Å². The van der Waals surface area contributed by atoms with Gasteiger partial charge in [-0.1, -0.05) is 22.0 Å². The summed E-state index contributed by atoms with van der Waals surface area (Å²) in [5, 5.41) is 0. The molecule has 0 aliphatic carbocycles. The second-order valence-corrected chi connectivity index (χ2v) is 5.35. The Balaban J connectivity index is 2.14. The van der Waals surface area contributed by atoms with Crippen molar-refractivity contribution in [3.63, 3.8) is 0 Å². The lowest BCUT2D eigenvalue weighted by Crippen LogP contribution is -2.08. The van der Waals surface area contributed by atoms with Crippen molar-refractivity contribution in [2.24, 2.45) is 5.73 Å². The van der Waals surface area contributed by atoms with Gasteiger partial charge in [-0.2, -0.15) is 0 Å². The highest BCUT2D eigenvalue weighted by atomic mass is 79.9. The average molecular weight is 337 g/mol. The van der Waals surface area contributed by atoms with Crippen LogP contribution in [0, 0.1) is 0 Å². The van der Waals surface area contributed by atoms with Crippen molar-refractivity contribution in [3.05, 3.63) is 52.1 Å². The number of hydrogen-bond donors (Lipinski definition) is 1. The fourth-order valence-corrected chi connectivity index (χ4v) is 2.19. The standard InChI is InChI=1S/C15H17BrN2O2/c1-10(17)13-8-11(16)6-7-14(13)20-9-12-4-3-5-15(18-12)19-2/h3-8,10H,9,17H2,1-2H3. The molecule has 1 aromatic carbocycles. The minimum Gasteiger partial charge on any atom is -0.487 e. The van der Waals surface area contributed by atoms with Crippen molar-refractivity contribution in [1.29, 1.82) is 0 Å². The number of pyridine rings is 1. The van der Waals surface area contributed by atoms with Gasteiger partial charge >= 0.3 is 0 Å². The van der Waals surface area contributed by atoms with Crippen molar-refractivity contribution in [1.82, 2.24) is 4.98 Å². The third-order valence-corrected chi connectivity index (χ3v) is 3.32. The normalized spacial score (nSPS) is 12.0. The molecule has 106 valence electrons. The summed E-state index contributed by atoms with van der Waals surface area (Å²) in [6.07, 6.45) is 0. The summed E-state index contributed by atoms with van der Waals surface area (Å²) in [4.78, 5) is 4.31. The topological polar surface area (TPSA) is 57.4 Å². The minimum atomic E-state index is -0.0965. The predicted octanol–water partition coefficient (Wildman–Crippen LogP) is 3.45. The molecule has 4 nitrogen and oxygen atoms in total. The van der Waals surface area contributed by atoms with Gasteiger partial charge in [-0.15, -0.1) is 0 Å².